The lowest BCUT2D eigenvalue weighted by atomic mass is 10.1. The van der Waals surface area contributed by atoms with Crippen LogP contribution in [-0.2, 0) is 4.79 Å². The predicted octanol–water partition coefficient (Wildman–Crippen LogP) is 2.45. The molecule has 0 unspecified atom stereocenters. The number of nitrogens with zero attached hydrogens (tertiary/aromatic N) is 2. The fourth-order valence-electron chi connectivity index (χ4n) is 1.88. The van der Waals surface area contributed by atoms with Crippen molar-refractivity contribution in [3.05, 3.63) is 11.4 Å². The maximum Gasteiger partial charge on any atom is 0.225 e. The first-order valence-electron chi connectivity index (χ1n) is 6.87. The summed E-state index contributed by atoms with van der Waals surface area (Å²) in [6.45, 7) is 6.44. The van der Waals surface area contributed by atoms with Crippen molar-refractivity contribution in [2.75, 3.05) is 24.2 Å². The topological polar surface area (TPSA) is 78.9 Å². The molecule has 0 aliphatic rings. The molecule has 0 bridgehead atoms. The lowest BCUT2D eigenvalue weighted by Gasteiger charge is -2.20. The normalized spacial score (nSPS) is 11.4. The zero-order valence-electron chi connectivity index (χ0n) is 12.8. The van der Waals surface area contributed by atoms with Crippen LogP contribution in [0.2, 0.25) is 0 Å². The second kappa shape index (κ2) is 6.26. The van der Waals surface area contributed by atoms with Gasteiger partial charge in [-0.05, 0) is 32.2 Å². The van der Waals surface area contributed by atoms with Gasteiger partial charge < -0.3 is 16.0 Å². The van der Waals surface area contributed by atoms with Gasteiger partial charge in [-0.25, -0.2) is 4.98 Å². The molecule has 2 heterocycles. The van der Waals surface area contributed by atoms with Crippen molar-refractivity contribution in [3.8, 4) is 0 Å². The standard InChI is InChI=1S/C14H21N5OS/c1-14(2,3)19-10(20)5-7-16-11-9-6-8-21-12(9)18-13(15-4)17-11/h6,8H,5,7H2,1-4H3,(H,19,20)(H2,15,16,17,18). The van der Waals surface area contributed by atoms with Crippen LogP contribution in [0.15, 0.2) is 11.4 Å². The highest BCUT2D eigenvalue weighted by atomic mass is 32.1. The molecular weight excluding hydrogens is 286 g/mol. The van der Waals surface area contributed by atoms with Gasteiger partial charge in [0.25, 0.3) is 0 Å². The van der Waals surface area contributed by atoms with Crippen LogP contribution in [0.1, 0.15) is 27.2 Å². The first-order valence-corrected chi connectivity index (χ1v) is 7.75. The van der Waals surface area contributed by atoms with Gasteiger partial charge in [-0.15, -0.1) is 11.3 Å². The Morgan fingerprint density at radius 1 is 1.33 bits per heavy atom. The van der Waals surface area contributed by atoms with Gasteiger partial charge in [-0.2, -0.15) is 4.98 Å². The summed E-state index contributed by atoms with van der Waals surface area (Å²) >= 11 is 1.57. The first-order chi connectivity index (χ1) is 9.89. The summed E-state index contributed by atoms with van der Waals surface area (Å²) in [5.74, 6) is 1.36. The van der Waals surface area contributed by atoms with E-state index < -0.39 is 0 Å². The van der Waals surface area contributed by atoms with Crippen LogP contribution in [-0.4, -0.2) is 35.0 Å². The molecule has 0 radical (unpaired) electrons. The van der Waals surface area contributed by atoms with E-state index in [9.17, 15) is 4.79 Å². The molecule has 7 heteroatoms. The third kappa shape index (κ3) is 4.29. The molecule has 0 atom stereocenters. The van der Waals surface area contributed by atoms with Gasteiger partial charge in [0.1, 0.15) is 10.6 Å². The van der Waals surface area contributed by atoms with Crippen LogP contribution >= 0.6 is 11.3 Å². The fraction of sp³-hybridized carbons (Fsp3) is 0.500. The van der Waals surface area contributed by atoms with Crippen molar-refractivity contribution in [1.82, 2.24) is 15.3 Å². The largest absolute Gasteiger partial charge is 0.369 e. The van der Waals surface area contributed by atoms with Gasteiger partial charge >= 0.3 is 0 Å². The Kier molecular flexibility index (Phi) is 4.62. The SMILES string of the molecule is CNc1nc(NCCC(=O)NC(C)(C)C)c2ccsc2n1. The Bertz CT molecular complexity index is 632. The number of amides is 1. The molecule has 0 aliphatic heterocycles. The smallest absolute Gasteiger partial charge is 0.225 e. The van der Waals surface area contributed by atoms with Crippen molar-refractivity contribution in [2.24, 2.45) is 0 Å². The summed E-state index contributed by atoms with van der Waals surface area (Å²) in [5, 5.41) is 12.1. The third-order valence-corrected chi connectivity index (χ3v) is 3.51. The lowest BCUT2D eigenvalue weighted by Crippen LogP contribution is -2.41. The van der Waals surface area contributed by atoms with Gasteiger partial charge in [0.2, 0.25) is 11.9 Å². The van der Waals surface area contributed by atoms with Crippen LogP contribution in [0.4, 0.5) is 11.8 Å². The number of hydrogen-bond acceptors (Lipinski definition) is 6. The molecule has 6 nitrogen and oxygen atoms in total. The molecule has 0 saturated carbocycles. The second-order valence-corrected chi connectivity index (χ2v) is 6.65. The van der Waals surface area contributed by atoms with E-state index in [0.717, 1.165) is 16.0 Å². The molecule has 0 aliphatic carbocycles. The molecule has 2 rings (SSSR count). The van der Waals surface area contributed by atoms with Gasteiger partial charge in [0.15, 0.2) is 0 Å². The Morgan fingerprint density at radius 2 is 2.10 bits per heavy atom. The molecule has 21 heavy (non-hydrogen) atoms. The number of rotatable bonds is 5. The van der Waals surface area contributed by atoms with Crippen molar-refractivity contribution < 1.29 is 4.79 Å². The summed E-state index contributed by atoms with van der Waals surface area (Å²) in [7, 11) is 1.79. The van der Waals surface area contributed by atoms with Crippen LogP contribution in [0.25, 0.3) is 10.2 Å². The number of aromatic nitrogens is 2. The number of hydrogen-bond donors (Lipinski definition) is 3. The Hall–Kier alpha value is -1.89. The predicted molar refractivity (Wildman–Crippen MR) is 88.0 cm³/mol. The maximum absolute atomic E-state index is 11.8. The average molecular weight is 307 g/mol. The number of anilines is 2. The average Bonchev–Trinajstić information content (AvgIpc) is 2.84. The Morgan fingerprint density at radius 3 is 2.76 bits per heavy atom. The van der Waals surface area contributed by atoms with Crippen molar-refractivity contribution in [3.63, 3.8) is 0 Å². The number of fused-ring (bicyclic) bond motifs is 1. The lowest BCUT2D eigenvalue weighted by molar-refractivity contribution is -0.122. The number of thiophene rings is 1. The fourth-order valence-corrected chi connectivity index (χ4v) is 2.64. The number of nitrogens with one attached hydrogen (secondary N) is 3. The maximum atomic E-state index is 11.8. The minimum absolute atomic E-state index is 0.0273. The highest BCUT2D eigenvalue weighted by Gasteiger charge is 2.13. The van der Waals surface area contributed by atoms with Crippen molar-refractivity contribution >= 4 is 39.2 Å². The van der Waals surface area contributed by atoms with Crippen LogP contribution in [0.3, 0.4) is 0 Å². The van der Waals surface area contributed by atoms with Crippen LogP contribution in [0.5, 0.6) is 0 Å². The molecule has 114 valence electrons. The summed E-state index contributed by atoms with van der Waals surface area (Å²) in [4.78, 5) is 21.5. The molecule has 2 aromatic rings. The zero-order chi connectivity index (χ0) is 15.5. The minimum Gasteiger partial charge on any atom is -0.369 e. The molecule has 3 N–H and O–H groups in total. The molecule has 0 fully saturated rings. The van der Waals surface area contributed by atoms with E-state index in [2.05, 4.69) is 25.9 Å². The van der Waals surface area contributed by atoms with Crippen LogP contribution in [0, 0.1) is 0 Å². The molecular formula is C14H21N5OS. The van der Waals surface area contributed by atoms with E-state index in [4.69, 9.17) is 0 Å². The molecule has 0 saturated heterocycles. The summed E-state index contributed by atoms with van der Waals surface area (Å²) < 4.78 is 0. The van der Waals surface area contributed by atoms with E-state index >= 15 is 0 Å². The van der Waals surface area contributed by atoms with E-state index in [-0.39, 0.29) is 11.4 Å². The van der Waals surface area contributed by atoms with Gasteiger partial charge in [0.05, 0.1) is 5.39 Å². The van der Waals surface area contributed by atoms with E-state index in [1.165, 1.54) is 0 Å². The van der Waals surface area contributed by atoms with E-state index in [1.54, 1.807) is 18.4 Å². The van der Waals surface area contributed by atoms with Gasteiger partial charge in [-0.3, -0.25) is 4.79 Å². The number of carbonyl (C=O) groups is 1. The molecule has 0 aromatic carbocycles. The van der Waals surface area contributed by atoms with Crippen molar-refractivity contribution in [2.45, 2.75) is 32.7 Å². The highest BCUT2D eigenvalue weighted by molar-refractivity contribution is 7.16. The summed E-state index contributed by atoms with van der Waals surface area (Å²) in [6, 6.07) is 1.98. The van der Waals surface area contributed by atoms with Gasteiger partial charge in [0, 0.05) is 25.6 Å². The second-order valence-electron chi connectivity index (χ2n) is 5.76. The van der Waals surface area contributed by atoms with Gasteiger partial charge in [-0.1, -0.05) is 0 Å². The molecule has 0 spiro atoms. The summed E-state index contributed by atoms with van der Waals surface area (Å²) in [5.41, 5.74) is -0.202. The Balaban J connectivity index is 2.00. The summed E-state index contributed by atoms with van der Waals surface area (Å²) in [6.07, 6.45) is 0.405. The van der Waals surface area contributed by atoms with Crippen molar-refractivity contribution in [1.29, 1.82) is 0 Å². The highest BCUT2D eigenvalue weighted by Crippen LogP contribution is 2.26. The monoisotopic (exact) mass is 307 g/mol. The molecule has 2 aromatic heterocycles. The zero-order valence-corrected chi connectivity index (χ0v) is 13.6. The molecule has 1 amide bonds. The van der Waals surface area contributed by atoms with Crippen LogP contribution < -0.4 is 16.0 Å². The van der Waals surface area contributed by atoms with E-state index in [0.29, 0.717) is 18.9 Å². The minimum atomic E-state index is -0.202. The van der Waals surface area contributed by atoms with E-state index in [1.807, 2.05) is 32.2 Å². The quantitative estimate of drug-likeness (QED) is 0.791. The number of carbonyl (C=O) groups excluding carboxylic acids is 1. The third-order valence-electron chi connectivity index (χ3n) is 2.71. The Labute approximate surface area is 128 Å². The first kappa shape index (κ1) is 15.5.